The molecule has 4 heteroatoms. The van der Waals surface area contributed by atoms with E-state index in [0.717, 1.165) is 13.0 Å². The van der Waals surface area contributed by atoms with Crippen LogP contribution in [-0.4, -0.2) is 30.8 Å². The third kappa shape index (κ3) is 3.00. The summed E-state index contributed by atoms with van der Waals surface area (Å²) in [6.07, 6.45) is 1.36. The van der Waals surface area contributed by atoms with Gasteiger partial charge in [0.05, 0.1) is 0 Å². The van der Waals surface area contributed by atoms with Gasteiger partial charge >= 0.3 is 0 Å². The highest BCUT2D eigenvalue weighted by molar-refractivity contribution is 5.94. The molecule has 0 amide bonds. The van der Waals surface area contributed by atoms with E-state index in [2.05, 4.69) is 0 Å². The molecule has 1 saturated heterocycles. The van der Waals surface area contributed by atoms with Crippen molar-refractivity contribution in [2.45, 2.75) is 25.7 Å². The number of carbonyl (C=O) groups is 1. The molecule has 0 saturated carbocycles. The van der Waals surface area contributed by atoms with E-state index in [4.69, 9.17) is 0 Å². The monoisotopic (exact) mass is 267 g/mol. The number of alkyl halides is 2. The lowest BCUT2D eigenvalue weighted by molar-refractivity contribution is -0.0864. The van der Waals surface area contributed by atoms with Crippen molar-refractivity contribution in [3.63, 3.8) is 0 Å². The van der Waals surface area contributed by atoms with Crippen molar-refractivity contribution in [1.82, 2.24) is 4.90 Å². The number of ketones is 1. The van der Waals surface area contributed by atoms with E-state index in [0.29, 0.717) is 18.5 Å². The van der Waals surface area contributed by atoms with Crippen LogP contribution in [0.2, 0.25) is 0 Å². The third-order valence-corrected chi connectivity index (χ3v) is 3.81. The summed E-state index contributed by atoms with van der Waals surface area (Å²) in [6, 6.07) is 5.73. The SMILES string of the molecule is CC(=O)c1ccc(C(F)(F)C2CCCN(C)C2)cc1. The van der Waals surface area contributed by atoms with Gasteiger partial charge in [-0.25, -0.2) is 8.78 Å². The number of hydrogen-bond donors (Lipinski definition) is 0. The van der Waals surface area contributed by atoms with E-state index in [1.165, 1.54) is 31.2 Å². The maximum atomic E-state index is 14.4. The number of nitrogens with zero attached hydrogens (tertiary/aromatic N) is 1. The van der Waals surface area contributed by atoms with Crippen molar-refractivity contribution >= 4 is 5.78 Å². The van der Waals surface area contributed by atoms with E-state index < -0.39 is 11.8 Å². The number of likely N-dealkylation sites (tertiary alicyclic amines) is 1. The molecule has 1 aromatic carbocycles. The molecule has 0 spiro atoms. The molecule has 2 nitrogen and oxygen atoms in total. The summed E-state index contributed by atoms with van der Waals surface area (Å²) in [6.45, 7) is 2.74. The molecule has 0 aliphatic carbocycles. The summed E-state index contributed by atoms with van der Waals surface area (Å²) in [5.41, 5.74) is 0.484. The molecule has 0 N–H and O–H groups in total. The molecule has 104 valence electrons. The predicted octanol–water partition coefficient (Wildman–Crippen LogP) is 3.32. The van der Waals surface area contributed by atoms with Gasteiger partial charge in [-0.15, -0.1) is 0 Å². The van der Waals surface area contributed by atoms with Crippen LogP contribution in [0.3, 0.4) is 0 Å². The first-order chi connectivity index (χ1) is 8.91. The van der Waals surface area contributed by atoms with Gasteiger partial charge in [0.2, 0.25) is 0 Å². The Kier molecular flexibility index (Phi) is 3.99. The van der Waals surface area contributed by atoms with E-state index in [-0.39, 0.29) is 11.3 Å². The lowest BCUT2D eigenvalue weighted by atomic mass is 9.87. The van der Waals surface area contributed by atoms with E-state index in [9.17, 15) is 13.6 Å². The Morgan fingerprint density at radius 3 is 2.47 bits per heavy atom. The van der Waals surface area contributed by atoms with Crippen molar-refractivity contribution in [1.29, 1.82) is 0 Å². The molecule has 1 heterocycles. The van der Waals surface area contributed by atoms with Crippen molar-refractivity contribution in [3.8, 4) is 0 Å². The zero-order chi connectivity index (χ0) is 14.0. The Hall–Kier alpha value is -1.29. The van der Waals surface area contributed by atoms with Gasteiger partial charge in [-0.1, -0.05) is 24.3 Å². The number of halogens is 2. The molecule has 1 fully saturated rings. The van der Waals surface area contributed by atoms with Gasteiger partial charge in [0.1, 0.15) is 0 Å². The predicted molar refractivity (Wildman–Crippen MR) is 70.6 cm³/mol. The molecule has 1 aliphatic heterocycles. The average Bonchev–Trinajstić information content (AvgIpc) is 2.39. The number of hydrogen-bond acceptors (Lipinski definition) is 2. The second-order valence-corrected chi connectivity index (χ2v) is 5.36. The minimum Gasteiger partial charge on any atom is -0.306 e. The first-order valence-corrected chi connectivity index (χ1v) is 6.59. The molecule has 19 heavy (non-hydrogen) atoms. The highest BCUT2D eigenvalue weighted by Gasteiger charge is 2.42. The van der Waals surface area contributed by atoms with Gasteiger partial charge in [0, 0.05) is 23.6 Å². The van der Waals surface area contributed by atoms with Crippen LogP contribution in [0.1, 0.15) is 35.7 Å². The first-order valence-electron chi connectivity index (χ1n) is 6.59. The Morgan fingerprint density at radius 2 is 1.95 bits per heavy atom. The standard InChI is InChI=1S/C15H19F2NO/c1-11(19)12-5-7-13(8-6-12)15(16,17)14-4-3-9-18(2)10-14/h5-8,14H,3-4,9-10H2,1-2H3. The maximum Gasteiger partial charge on any atom is 0.277 e. The van der Waals surface area contributed by atoms with E-state index in [1.54, 1.807) is 0 Å². The lowest BCUT2D eigenvalue weighted by Crippen LogP contribution is -2.40. The highest BCUT2D eigenvalue weighted by atomic mass is 19.3. The fraction of sp³-hybridized carbons (Fsp3) is 0.533. The molecular formula is C15H19F2NO. The van der Waals surface area contributed by atoms with Crippen molar-refractivity contribution in [2.24, 2.45) is 5.92 Å². The number of carbonyl (C=O) groups excluding carboxylic acids is 1. The van der Waals surface area contributed by atoms with Gasteiger partial charge in [0.15, 0.2) is 5.78 Å². The van der Waals surface area contributed by atoms with Gasteiger partial charge in [-0.2, -0.15) is 0 Å². The fourth-order valence-electron chi connectivity index (χ4n) is 2.63. The van der Waals surface area contributed by atoms with Crippen LogP contribution in [0.5, 0.6) is 0 Å². The summed E-state index contributed by atoms with van der Waals surface area (Å²) in [5, 5.41) is 0. The molecular weight excluding hydrogens is 248 g/mol. The van der Waals surface area contributed by atoms with Gasteiger partial charge < -0.3 is 4.90 Å². The maximum absolute atomic E-state index is 14.4. The molecule has 1 aliphatic rings. The van der Waals surface area contributed by atoms with Crippen molar-refractivity contribution < 1.29 is 13.6 Å². The van der Waals surface area contributed by atoms with Crippen molar-refractivity contribution in [3.05, 3.63) is 35.4 Å². The second kappa shape index (κ2) is 5.37. The van der Waals surface area contributed by atoms with Crippen LogP contribution in [0.4, 0.5) is 8.78 Å². The summed E-state index contributed by atoms with van der Waals surface area (Å²) in [5.74, 6) is -3.58. The summed E-state index contributed by atoms with van der Waals surface area (Å²) >= 11 is 0. The molecule has 1 atom stereocenters. The highest BCUT2D eigenvalue weighted by Crippen LogP contribution is 2.40. The van der Waals surface area contributed by atoms with Crippen LogP contribution in [0, 0.1) is 5.92 Å². The molecule has 1 aromatic rings. The molecule has 1 unspecified atom stereocenters. The number of piperidine rings is 1. The Labute approximate surface area is 112 Å². The first kappa shape index (κ1) is 14.1. The minimum absolute atomic E-state index is 0.0119. The molecule has 0 radical (unpaired) electrons. The van der Waals surface area contributed by atoms with Crippen LogP contribution >= 0.6 is 0 Å². The van der Waals surface area contributed by atoms with Crippen molar-refractivity contribution in [2.75, 3.05) is 20.1 Å². The Bertz CT molecular complexity index is 456. The van der Waals surface area contributed by atoms with Crippen LogP contribution in [0.15, 0.2) is 24.3 Å². The topological polar surface area (TPSA) is 20.3 Å². The largest absolute Gasteiger partial charge is 0.306 e. The van der Waals surface area contributed by atoms with Gasteiger partial charge in [-0.3, -0.25) is 4.79 Å². The molecule has 0 bridgehead atoms. The Morgan fingerprint density at radius 1 is 1.32 bits per heavy atom. The number of benzene rings is 1. The molecule has 0 aromatic heterocycles. The quantitative estimate of drug-likeness (QED) is 0.783. The lowest BCUT2D eigenvalue weighted by Gasteiger charge is -2.35. The Balaban J connectivity index is 2.20. The van der Waals surface area contributed by atoms with E-state index in [1.807, 2.05) is 11.9 Å². The summed E-state index contributed by atoms with van der Waals surface area (Å²) in [4.78, 5) is 13.1. The second-order valence-electron chi connectivity index (χ2n) is 5.36. The summed E-state index contributed by atoms with van der Waals surface area (Å²) < 4.78 is 28.9. The zero-order valence-electron chi connectivity index (χ0n) is 11.3. The van der Waals surface area contributed by atoms with Gasteiger partial charge in [-0.05, 0) is 33.4 Å². The van der Waals surface area contributed by atoms with Gasteiger partial charge in [0.25, 0.3) is 5.92 Å². The fourth-order valence-corrected chi connectivity index (χ4v) is 2.63. The van der Waals surface area contributed by atoms with Crippen LogP contribution in [0.25, 0.3) is 0 Å². The number of Topliss-reactive ketones (excluding diaryl/α,β-unsaturated/α-hetero) is 1. The normalized spacial score (nSPS) is 21.4. The van der Waals surface area contributed by atoms with Crippen LogP contribution in [-0.2, 0) is 5.92 Å². The van der Waals surface area contributed by atoms with E-state index >= 15 is 0 Å². The average molecular weight is 267 g/mol. The third-order valence-electron chi connectivity index (χ3n) is 3.81. The minimum atomic E-state index is -2.83. The smallest absolute Gasteiger partial charge is 0.277 e. The zero-order valence-corrected chi connectivity index (χ0v) is 11.3. The molecule has 2 rings (SSSR count). The number of rotatable bonds is 3. The van der Waals surface area contributed by atoms with Crippen LogP contribution < -0.4 is 0 Å². The summed E-state index contributed by atoms with van der Waals surface area (Å²) in [7, 11) is 1.88.